The Morgan fingerprint density at radius 2 is 2.00 bits per heavy atom. The first-order chi connectivity index (χ1) is 9.44. The van der Waals surface area contributed by atoms with E-state index >= 15 is 0 Å². The molecule has 1 atom stereocenters. The van der Waals surface area contributed by atoms with E-state index in [2.05, 4.69) is 10.3 Å². The van der Waals surface area contributed by atoms with Crippen molar-refractivity contribution in [2.45, 2.75) is 18.7 Å². The zero-order chi connectivity index (χ0) is 14.7. The van der Waals surface area contributed by atoms with Crippen LogP contribution in [0.3, 0.4) is 0 Å². The van der Waals surface area contributed by atoms with E-state index in [9.17, 15) is 4.79 Å². The number of amides is 1. The maximum atomic E-state index is 11.5. The number of hydrogen-bond acceptors (Lipinski definition) is 3. The van der Waals surface area contributed by atoms with Crippen LogP contribution in [-0.4, -0.2) is 16.3 Å². The monoisotopic (exact) mass is 348 g/mol. The predicted octanol–water partition coefficient (Wildman–Crippen LogP) is 4.61. The van der Waals surface area contributed by atoms with Gasteiger partial charge in [0.15, 0.2) is 5.13 Å². The summed E-state index contributed by atoms with van der Waals surface area (Å²) >= 11 is 19.0. The third-order valence-electron chi connectivity index (χ3n) is 2.45. The normalized spacial score (nSPS) is 12.2. The van der Waals surface area contributed by atoms with E-state index in [1.54, 1.807) is 19.2 Å². The lowest BCUT2D eigenvalue weighted by Gasteiger charge is -2.02. The zero-order valence-electron chi connectivity index (χ0n) is 10.5. The summed E-state index contributed by atoms with van der Waals surface area (Å²) < 4.78 is 0. The van der Waals surface area contributed by atoms with E-state index in [4.69, 9.17) is 34.8 Å². The second-order valence-corrected chi connectivity index (χ2v) is 6.83. The molecule has 0 spiro atoms. The maximum Gasteiger partial charge on any atom is 0.243 e. The summed E-state index contributed by atoms with van der Waals surface area (Å²) in [4.78, 5) is 16.6. The fraction of sp³-hybridized carbons (Fsp3) is 0.231. The highest BCUT2D eigenvalue weighted by Crippen LogP contribution is 2.25. The van der Waals surface area contributed by atoms with Crippen LogP contribution in [-0.2, 0) is 11.2 Å². The maximum absolute atomic E-state index is 11.5. The molecule has 1 N–H and O–H groups in total. The molecule has 20 heavy (non-hydrogen) atoms. The molecular weight excluding hydrogens is 339 g/mol. The van der Waals surface area contributed by atoms with Gasteiger partial charge in [0.25, 0.3) is 0 Å². The number of nitrogens with zero attached hydrogens (tertiary/aromatic N) is 1. The van der Waals surface area contributed by atoms with Crippen molar-refractivity contribution in [2.24, 2.45) is 0 Å². The number of carbonyl (C=O) groups excluding carboxylic acids is 1. The number of alkyl halides is 1. The summed E-state index contributed by atoms with van der Waals surface area (Å²) in [6.07, 6.45) is 2.37. The Labute approximate surface area is 135 Å². The lowest BCUT2D eigenvalue weighted by Crippen LogP contribution is -2.19. The van der Waals surface area contributed by atoms with Crippen LogP contribution in [0, 0.1) is 0 Å². The largest absolute Gasteiger partial charge is 0.301 e. The molecule has 0 saturated heterocycles. The number of thiazole rings is 1. The van der Waals surface area contributed by atoms with Gasteiger partial charge in [-0.1, -0.05) is 23.2 Å². The van der Waals surface area contributed by atoms with Gasteiger partial charge < -0.3 is 5.32 Å². The number of halogens is 3. The molecule has 1 aromatic heterocycles. The second-order valence-electron chi connectivity index (χ2n) is 4.19. The highest BCUT2D eigenvalue weighted by atomic mass is 35.5. The quantitative estimate of drug-likeness (QED) is 0.819. The molecule has 0 aliphatic rings. The zero-order valence-corrected chi connectivity index (χ0v) is 13.6. The fourth-order valence-corrected chi connectivity index (χ4v) is 3.04. The summed E-state index contributed by atoms with van der Waals surface area (Å²) in [5, 5.41) is 3.80. The van der Waals surface area contributed by atoms with Crippen molar-refractivity contribution in [1.82, 2.24) is 4.98 Å². The van der Waals surface area contributed by atoms with Crippen molar-refractivity contribution in [3.8, 4) is 0 Å². The van der Waals surface area contributed by atoms with Crippen molar-refractivity contribution in [1.29, 1.82) is 0 Å². The van der Waals surface area contributed by atoms with Gasteiger partial charge in [-0.3, -0.25) is 4.79 Å². The number of benzene rings is 1. The predicted molar refractivity (Wildman–Crippen MR) is 85.3 cm³/mol. The van der Waals surface area contributed by atoms with Crippen LogP contribution in [0.5, 0.6) is 0 Å². The number of hydrogen-bond donors (Lipinski definition) is 1. The molecule has 0 saturated carbocycles. The molecule has 0 bridgehead atoms. The van der Waals surface area contributed by atoms with Gasteiger partial charge in [0.2, 0.25) is 5.91 Å². The van der Waals surface area contributed by atoms with Crippen molar-refractivity contribution < 1.29 is 4.79 Å². The molecule has 0 fully saturated rings. The minimum absolute atomic E-state index is 0.265. The lowest BCUT2D eigenvalue weighted by atomic mass is 10.1. The van der Waals surface area contributed by atoms with Crippen LogP contribution in [0.25, 0.3) is 0 Å². The van der Waals surface area contributed by atoms with E-state index < -0.39 is 5.38 Å². The van der Waals surface area contributed by atoms with Gasteiger partial charge in [-0.15, -0.1) is 22.9 Å². The van der Waals surface area contributed by atoms with Crippen molar-refractivity contribution in [2.75, 3.05) is 5.32 Å². The van der Waals surface area contributed by atoms with Gasteiger partial charge >= 0.3 is 0 Å². The third kappa shape index (κ3) is 4.35. The summed E-state index contributed by atoms with van der Waals surface area (Å²) in [5.41, 5.74) is 0.995. The number of rotatable bonds is 4. The average Bonchev–Trinajstić information content (AvgIpc) is 2.74. The van der Waals surface area contributed by atoms with Gasteiger partial charge in [-0.25, -0.2) is 4.98 Å². The first kappa shape index (κ1) is 15.6. The molecular formula is C13H11Cl3N2OS. The van der Waals surface area contributed by atoms with Crippen molar-refractivity contribution in [3.05, 3.63) is 44.9 Å². The van der Waals surface area contributed by atoms with Crippen LogP contribution in [0.1, 0.15) is 17.4 Å². The van der Waals surface area contributed by atoms with Crippen molar-refractivity contribution >= 4 is 57.2 Å². The Balaban J connectivity index is 2.07. The SMILES string of the molecule is CC(Cl)C(=O)Nc1ncc(Cc2cc(Cl)cc(Cl)c2)s1. The Bertz CT molecular complexity index is 608. The minimum Gasteiger partial charge on any atom is -0.301 e. The highest BCUT2D eigenvalue weighted by Gasteiger charge is 2.12. The molecule has 1 aromatic carbocycles. The first-order valence-corrected chi connectivity index (χ1v) is 7.79. The topological polar surface area (TPSA) is 42.0 Å². The highest BCUT2D eigenvalue weighted by molar-refractivity contribution is 7.15. The van der Waals surface area contributed by atoms with Crippen LogP contribution in [0.4, 0.5) is 5.13 Å². The Kier molecular flexibility index (Phi) is 5.27. The molecule has 2 rings (SSSR count). The molecule has 3 nitrogen and oxygen atoms in total. The molecule has 2 aromatic rings. The summed E-state index contributed by atoms with van der Waals surface area (Å²) in [7, 11) is 0. The summed E-state index contributed by atoms with van der Waals surface area (Å²) in [6, 6.07) is 5.39. The van der Waals surface area contributed by atoms with Crippen LogP contribution in [0.15, 0.2) is 24.4 Å². The Morgan fingerprint density at radius 3 is 2.60 bits per heavy atom. The van der Waals surface area contributed by atoms with E-state index in [1.165, 1.54) is 11.3 Å². The molecule has 1 amide bonds. The standard InChI is InChI=1S/C13H11Cl3N2OS/c1-7(14)12(19)18-13-17-6-11(20-13)4-8-2-9(15)5-10(16)3-8/h2-3,5-7H,4H2,1H3,(H,17,18,19). The van der Waals surface area contributed by atoms with E-state index in [-0.39, 0.29) is 5.91 Å². The molecule has 1 heterocycles. The molecule has 0 aliphatic heterocycles. The minimum atomic E-state index is -0.589. The van der Waals surface area contributed by atoms with Gasteiger partial charge in [-0.2, -0.15) is 0 Å². The molecule has 0 aliphatic carbocycles. The summed E-state index contributed by atoms with van der Waals surface area (Å²) in [5.74, 6) is -0.265. The van der Waals surface area contributed by atoms with E-state index in [0.717, 1.165) is 10.4 Å². The van der Waals surface area contributed by atoms with Crippen LogP contribution < -0.4 is 5.32 Å². The Morgan fingerprint density at radius 1 is 1.35 bits per heavy atom. The molecule has 1 unspecified atom stereocenters. The van der Waals surface area contributed by atoms with Gasteiger partial charge in [0.05, 0.1) is 0 Å². The number of aromatic nitrogens is 1. The molecule has 0 radical (unpaired) electrons. The molecule has 106 valence electrons. The summed E-state index contributed by atoms with van der Waals surface area (Å²) in [6.45, 7) is 1.61. The van der Waals surface area contributed by atoms with Gasteiger partial charge in [0, 0.05) is 27.5 Å². The Hall–Kier alpha value is -0.810. The number of carbonyl (C=O) groups is 1. The van der Waals surface area contributed by atoms with E-state index in [0.29, 0.717) is 21.6 Å². The number of anilines is 1. The van der Waals surface area contributed by atoms with Crippen molar-refractivity contribution in [3.63, 3.8) is 0 Å². The first-order valence-electron chi connectivity index (χ1n) is 5.78. The fourth-order valence-electron chi connectivity index (χ4n) is 1.57. The van der Waals surface area contributed by atoms with Gasteiger partial charge in [-0.05, 0) is 30.7 Å². The lowest BCUT2D eigenvalue weighted by molar-refractivity contribution is -0.115. The molecule has 7 heteroatoms. The third-order valence-corrected chi connectivity index (χ3v) is 3.99. The van der Waals surface area contributed by atoms with Crippen LogP contribution >= 0.6 is 46.1 Å². The smallest absolute Gasteiger partial charge is 0.243 e. The average molecular weight is 350 g/mol. The second kappa shape index (κ2) is 6.76. The van der Waals surface area contributed by atoms with Gasteiger partial charge in [0.1, 0.15) is 5.38 Å². The van der Waals surface area contributed by atoms with Crippen LogP contribution in [0.2, 0.25) is 10.0 Å². The number of nitrogens with one attached hydrogen (secondary N) is 1. The van der Waals surface area contributed by atoms with E-state index in [1.807, 2.05) is 12.1 Å².